The number of ether oxygens (including phenoxy) is 2. The number of hydrogen-bond donors (Lipinski definition) is 0. The lowest BCUT2D eigenvalue weighted by Crippen LogP contribution is -3.00. The lowest BCUT2D eigenvalue weighted by atomic mass is 10.1. The summed E-state index contributed by atoms with van der Waals surface area (Å²) < 4.78 is 16.4. The van der Waals surface area contributed by atoms with Gasteiger partial charge in [-0.2, -0.15) is 0 Å². The predicted molar refractivity (Wildman–Crippen MR) is 125 cm³/mol. The SMILES string of the molecule is C=CCOC(C[n+]1ccn(C(CCC)OCc2ccccc2)c1)c1ccc(Cl)cc1Cl.[Br-]. The fourth-order valence-electron chi connectivity index (χ4n) is 3.40. The van der Waals surface area contributed by atoms with Gasteiger partial charge in [-0.25, -0.2) is 9.13 Å². The van der Waals surface area contributed by atoms with Gasteiger partial charge in [0.25, 0.3) is 0 Å². The van der Waals surface area contributed by atoms with Crippen molar-refractivity contribution in [3.63, 3.8) is 0 Å². The molecule has 7 heteroatoms. The van der Waals surface area contributed by atoms with Crippen molar-refractivity contribution < 1.29 is 31.0 Å². The highest BCUT2D eigenvalue weighted by Gasteiger charge is 2.22. The lowest BCUT2D eigenvalue weighted by molar-refractivity contribution is -0.704. The molecular weight excluding hydrogens is 511 g/mol. The number of hydrogen-bond acceptors (Lipinski definition) is 2. The van der Waals surface area contributed by atoms with Gasteiger partial charge >= 0.3 is 0 Å². The van der Waals surface area contributed by atoms with Crippen LogP contribution in [-0.2, 0) is 22.6 Å². The topological polar surface area (TPSA) is 27.3 Å². The minimum absolute atomic E-state index is 0. The summed E-state index contributed by atoms with van der Waals surface area (Å²) in [5.74, 6) is 0. The second kappa shape index (κ2) is 13.8. The van der Waals surface area contributed by atoms with E-state index in [1.165, 1.54) is 5.56 Å². The molecule has 0 saturated heterocycles. The summed E-state index contributed by atoms with van der Waals surface area (Å²) in [5.41, 5.74) is 2.07. The Morgan fingerprint density at radius 1 is 1.12 bits per heavy atom. The van der Waals surface area contributed by atoms with Crippen molar-refractivity contribution in [1.29, 1.82) is 0 Å². The van der Waals surface area contributed by atoms with Crippen LogP contribution >= 0.6 is 23.2 Å². The average molecular weight is 540 g/mol. The third-order valence-corrected chi connectivity index (χ3v) is 5.53. The Labute approximate surface area is 211 Å². The zero-order valence-electron chi connectivity index (χ0n) is 18.2. The summed E-state index contributed by atoms with van der Waals surface area (Å²) in [6.07, 6.45) is 9.57. The molecule has 0 aliphatic heterocycles. The van der Waals surface area contributed by atoms with Crippen LogP contribution in [0.4, 0.5) is 0 Å². The molecule has 2 aromatic carbocycles. The Kier molecular flexibility index (Phi) is 11.5. The van der Waals surface area contributed by atoms with Crippen LogP contribution < -0.4 is 21.5 Å². The first-order valence-electron chi connectivity index (χ1n) is 10.5. The van der Waals surface area contributed by atoms with Gasteiger partial charge in [0.05, 0.1) is 13.2 Å². The van der Waals surface area contributed by atoms with Gasteiger partial charge < -0.3 is 26.5 Å². The standard InChI is InChI=1S/C25H29Cl2N2O2.BrH/c1-3-8-25(31-18-20-9-6-5-7-10-20)29-14-13-28(19-29)17-24(30-15-4-2)22-12-11-21(26)16-23(22)27;/h4-7,9-14,16,19,24-25H,2-3,8,15,17-18H2,1H3;1H/q+1;/p-1. The smallest absolute Gasteiger partial charge is 0.246 e. The van der Waals surface area contributed by atoms with Gasteiger partial charge in [-0.1, -0.05) is 72.6 Å². The maximum Gasteiger partial charge on any atom is 0.246 e. The zero-order valence-corrected chi connectivity index (χ0v) is 21.3. The number of nitrogens with zero attached hydrogens (tertiary/aromatic N) is 2. The third kappa shape index (κ3) is 7.75. The minimum Gasteiger partial charge on any atom is -1.00 e. The van der Waals surface area contributed by atoms with Gasteiger partial charge in [-0.3, -0.25) is 0 Å². The van der Waals surface area contributed by atoms with Crippen molar-refractivity contribution in [2.24, 2.45) is 0 Å². The van der Waals surface area contributed by atoms with E-state index < -0.39 is 0 Å². The molecule has 32 heavy (non-hydrogen) atoms. The Morgan fingerprint density at radius 2 is 1.91 bits per heavy atom. The minimum atomic E-state index is -0.224. The Bertz CT molecular complexity index is 966. The van der Waals surface area contributed by atoms with Crippen molar-refractivity contribution >= 4 is 23.2 Å². The largest absolute Gasteiger partial charge is 1.00 e. The molecule has 0 N–H and O–H groups in total. The number of benzene rings is 2. The van der Waals surface area contributed by atoms with E-state index in [9.17, 15) is 0 Å². The molecule has 3 rings (SSSR count). The first-order chi connectivity index (χ1) is 15.1. The van der Waals surface area contributed by atoms with E-state index in [2.05, 4.69) is 41.1 Å². The molecule has 0 aliphatic rings. The molecule has 0 radical (unpaired) electrons. The van der Waals surface area contributed by atoms with E-state index in [0.717, 1.165) is 18.4 Å². The monoisotopic (exact) mass is 538 g/mol. The molecule has 172 valence electrons. The normalized spacial score (nSPS) is 12.7. The van der Waals surface area contributed by atoms with Crippen LogP contribution in [0.2, 0.25) is 10.0 Å². The van der Waals surface area contributed by atoms with Crippen LogP contribution in [0.3, 0.4) is 0 Å². The highest BCUT2D eigenvalue weighted by atomic mass is 79.9. The predicted octanol–water partition coefficient (Wildman–Crippen LogP) is 3.55. The summed E-state index contributed by atoms with van der Waals surface area (Å²) in [6.45, 7) is 7.54. The first-order valence-corrected chi connectivity index (χ1v) is 11.3. The molecule has 0 bridgehead atoms. The quantitative estimate of drug-likeness (QED) is 0.260. The lowest BCUT2D eigenvalue weighted by Gasteiger charge is -2.17. The van der Waals surface area contributed by atoms with Crippen molar-refractivity contribution in [3.8, 4) is 0 Å². The van der Waals surface area contributed by atoms with E-state index in [1.807, 2.05) is 42.7 Å². The van der Waals surface area contributed by atoms with Crippen LogP contribution in [-0.4, -0.2) is 11.2 Å². The number of aromatic nitrogens is 2. The van der Waals surface area contributed by atoms with Crippen LogP contribution in [0.1, 0.15) is 43.2 Å². The summed E-state index contributed by atoms with van der Waals surface area (Å²) >= 11 is 12.5. The third-order valence-electron chi connectivity index (χ3n) is 4.97. The Morgan fingerprint density at radius 3 is 2.59 bits per heavy atom. The Hall–Kier alpha value is -1.63. The molecule has 0 aliphatic carbocycles. The van der Waals surface area contributed by atoms with Gasteiger partial charge in [0.15, 0.2) is 0 Å². The molecule has 0 fully saturated rings. The summed E-state index contributed by atoms with van der Waals surface area (Å²) in [4.78, 5) is 0. The van der Waals surface area contributed by atoms with Gasteiger partial charge in [0, 0.05) is 22.0 Å². The Balaban J connectivity index is 0.00000363. The van der Waals surface area contributed by atoms with Crippen molar-refractivity contribution in [2.75, 3.05) is 6.61 Å². The molecule has 1 aromatic heterocycles. The highest BCUT2D eigenvalue weighted by molar-refractivity contribution is 6.35. The van der Waals surface area contributed by atoms with Gasteiger partial charge in [-0.05, 0) is 24.1 Å². The fraction of sp³-hybridized carbons (Fsp3) is 0.320. The second-order valence-corrected chi connectivity index (χ2v) is 8.22. The maximum atomic E-state index is 6.44. The summed E-state index contributed by atoms with van der Waals surface area (Å²) in [7, 11) is 0. The van der Waals surface area contributed by atoms with Gasteiger partial charge in [0.2, 0.25) is 12.6 Å². The van der Waals surface area contributed by atoms with E-state index in [4.69, 9.17) is 32.7 Å². The summed E-state index contributed by atoms with van der Waals surface area (Å²) in [6, 6.07) is 15.7. The second-order valence-electron chi connectivity index (χ2n) is 7.37. The molecular formula is C25H29BrCl2N2O2. The maximum absolute atomic E-state index is 6.44. The van der Waals surface area contributed by atoms with Crippen LogP contribution in [0.25, 0.3) is 0 Å². The fourth-order valence-corrected chi connectivity index (χ4v) is 3.93. The molecule has 1 heterocycles. The molecule has 2 atom stereocenters. The number of halogens is 3. The van der Waals surface area contributed by atoms with E-state index in [-0.39, 0.29) is 29.3 Å². The molecule has 0 saturated carbocycles. The average Bonchev–Trinajstić information content (AvgIpc) is 3.23. The highest BCUT2D eigenvalue weighted by Crippen LogP contribution is 2.29. The molecule has 0 spiro atoms. The molecule has 3 aromatic rings. The van der Waals surface area contributed by atoms with Crippen molar-refractivity contribution in [2.45, 2.75) is 45.2 Å². The van der Waals surface area contributed by atoms with E-state index >= 15 is 0 Å². The van der Waals surface area contributed by atoms with Gasteiger partial charge in [0.1, 0.15) is 25.0 Å². The zero-order chi connectivity index (χ0) is 22.1. The molecule has 2 unspecified atom stereocenters. The number of rotatable bonds is 12. The molecule has 0 amide bonds. The van der Waals surface area contributed by atoms with Gasteiger partial charge in [-0.15, -0.1) is 6.58 Å². The summed E-state index contributed by atoms with van der Waals surface area (Å²) in [5, 5.41) is 1.20. The van der Waals surface area contributed by atoms with Crippen molar-refractivity contribution in [1.82, 2.24) is 4.57 Å². The van der Waals surface area contributed by atoms with E-state index in [1.54, 1.807) is 12.1 Å². The number of imidazole rings is 1. The molecule has 4 nitrogen and oxygen atoms in total. The van der Waals surface area contributed by atoms with Crippen LogP contribution in [0, 0.1) is 0 Å². The van der Waals surface area contributed by atoms with E-state index in [0.29, 0.717) is 29.8 Å². The van der Waals surface area contributed by atoms with Crippen molar-refractivity contribution in [3.05, 3.63) is 101 Å². The van der Waals surface area contributed by atoms with Crippen LogP contribution in [0.5, 0.6) is 0 Å². The first kappa shape index (κ1) is 26.6. The van der Waals surface area contributed by atoms with Crippen LogP contribution in [0.15, 0.2) is 79.9 Å².